The number of anilines is 1. The maximum Gasteiger partial charge on any atom is 0.0998 e. The van der Waals surface area contributed by atoms with Crippen molar-refractivity contribution in [3.8, 4) is 5.69 Å². The van der Waals surface area contributed by atoms with E-state index < -0.39 is 0 Å². The molecule has 4 nitrogen and oxygen atoms in total. The molecule has 0 spiro atoms. The monoisotopic (exact) mass is 242 g/mol. The molecule has 0 fully saturated rings. The number of fused-ring (bicyclic) bond motifs is 1. The van der Waals surface area contributed by atoms with Crippen LogP contribution in [0.4, 0.5) is 5.69 Å². The summed E-state index contributed by atoms with van der Waals surface area (Å²) in [4.78, 5) is 6.59. The topological polar surface area (TPSA) is 33.1 Å². The summed E-state index contributed by atoms with van der Waals surface area (Å²) in [6.45, 7) is 1.92. The first-order valence-electron chi connectivity index (χ1n) is 6.29. The van der Waals surface area contributed by atoms with Gasteiger partial charge in [-0.2, -0.15) is 0 Å². The van der Waals surface area contributed by atoms with E-state index >= 15 is 0 Å². The van der Waals surface area contributed by atoms with E-state index in [0.717, 1.165) is 19.5 Å². The molecule has 0 atom stereocenters. The third-order valence-corrected chi connectivity index (χ3v) is 3.43. The number of imidazole rings is 1. The minimum atomic E-state index is 0.887. The van der Waals surface area contributed by atoms with Crippen molar-refractivity contribution in [3.63, 3.8) is 0 Å². The van der Waals surface area contributed by atoms with E-state index in [2.05, 4.69) is 58.1 Å². The summed E-state index contributed by atoms with van der Waals surface area (Å²) in [5.74, 6) is 0. The number of aromatic nitrogens is 2. The lowest BCUT2D eigenvalue weighted by atomic mass is 10.1. The molecule has 94 valence electrons. The van der Waals surface area contributed by atoms with Crippen molar-refractivity contribution in [2.75, 3.05) is 25.5 Å². The molecule has 18 heavy (non-hydrogen) atoms. The molecule has 2 aromatic rings. The van der Waals surface area contributed by atoms with Crippen LogP contribution in [0.1, 0.15) is 11.4 Å². The second-order valence-corrected chi connectivity index (χ2v) is 4.85. The van der Waals surface area contributed by atoms with Gasteiger partial charge in [0.1, 0.15) is 0 Å². The molecule has 3 rings (SSSR count). The lowest BCUT2D eigenvalue weighted by molar-refractivity contribution is 0.620. The molecule has 1 aromatic carbocycles. The van der Waals surface area contributed by atoms with Gasteiger partial charge >= 0.3 is 0 Å². The summed E-state index contributed by atoms with van der Waals surface area (Å²) < 4.78 is 2.20. The quantitative estimate of drug-likeness (QED) is 0.868. The number of hydrogen-bond acceptors (Lipinski definition) is 3. The van der Waals surface area contributed by atoms with Gasteiger partial charge in [-0.1, -0.05) is 0 Å². The summed E-state index contributed by atoms with van der Waals surface area (Å²) in [7, 11) is 4.11. The van der Waals surface area contributed by atoms with Crippen molar-refractivity contribution in [1.29, 1.82) is 0 Å². The Bertz CT molecular complexity index is 539. The highest BCUT2D eigenvalue weighted by Crippen LogP contribution is 2.20. The fraction of sp³-hybridized carbons (Fsp3) is 0.357. The van der Waals surface area contributed by atoms with E-state index in [4.69, 9.17) is 0 Å². The van der Waals surface area contributed by atoms with Crippen LogP contribution in [0.5, 0.6) is 0 Å². The zero-order chi connectivity index (χ0) is 12.5. The minimum absolute atomic E-state index is 0.887. The number of nitrogens with one attached hydrogen (secondary N) is 1. The van der Waals surface area contributed by atoms with Gasteiger partial charge in [0.05, 0.1) is 12.0 Å². The Balaban J connectivity index is 1.97. The van der Waals surface area contributed by atoms with Crippen LogP contribution in [0, 0.1) is 0 Å². The molecule has 0 radical (unpaired) electrons. The molecule has 0 amide bonds. The Morgan fingerprint density at radius 3 is 2.72 bits per heavy atom. The highest BCUT2D eigenvalue weighted by atomic mass is 15.1. The van der Waals surface area contributed by atoms with Crippen LogP contribution in [0.3, 0.4) is 0 Å². The third kappa shape index (κ3) is 1.88. The van der Waals surface area contributed by atoms with Gasteiger partial charge in [-0.3, -0.25) is 0 Å². The zero-order valence-corrected chi connectivity index (χ0v) is 10.8. The standard InChI is InChI=1S/C14H18N4/c1-17(2)11-3-5-12(6-4-11)18-10-16-13-9-15-8-7-14(13)18/h3-6,10,15H,7-9H2,1-2H3. The van der Waals surface area contributed by atoms with Gasteiger partial charge in [0.15, 0.2) is 0 Å². The van der Waals surface area contributed by atoms with Gasteiger partial charge in [-0.05, 0) is 24.3 Å². The number of rotatable bonds is 2. The first-order valence-corrected chi connectivity index (χ1v) is 6.29. The van der Waals surface area contributed by atoms with Crippen LogP contribution in [0.2, 0.25) is 0 Å². The maximum atomic E-state index is 4.48. The van der Waals surface area contributed by atoms with Gasteiger partial charge in [0.2, 0.25) is 0 Å². The van der Waals surface area contributed by atoms with Gasteiger partial charge in [0.25, 0.3) is 0 Å². The Hall–Kier alpha value is -1.81. The van der Waals surface area contributed by atoms with E-state index in [1.54, 1.807) is 0 Å². The molecule has 0 aliphatic carbocycles. The van der Waals surface area contributed by atoms with E-state index in [1.165, 1.54) is 22.8 Å². The molecule has 0 unspecified atom stereocenters. The molecule has 0 saturated carbocycles. The Kier molecular flexibility index (Phi) is 2.80. The number of nitrogens with zero attached hydrogens (tertiary/aromatic N) is 3. The molecule has 0 bridgehead atoms. The van der Waals surface area contributed by atoms with Crippen LogP contribution in [0.15, 0.2) is 30.6 Å². The van der Waals surface area contributed by atoms with Crippen molar-refractivity contribution in [1.82, 2.24) is 14.9 Å². The van der Waals surface area contributed by atoms with Crippen LogP contribution < -0.4 is 10.2 Å². The molecule has 1 aliphatic heterocycles. The minimum Gasteiger partial charge on any atom is -0.378 e. The zero-order valence-electron chi connectivity index (χ0n) is 10.8. The molecule has 4 heteroatoms. The summed E-state index contributed by atoms with van der Waals surface area (Å²) in [6, 6.07) is 8.59. The first-order chi connectivity index (χ1) is 8.75. The van der Waals surface area contributed by atoms with Gasteiger partial charge in [0, 0.05) is 50.7 Å². The van der Waals surface area contributed by atoms with E-state index in [-0.39, 0.29) is 0 Å². The predicted molar refractivity (Wildman–Crippen MR) is 73.3 cm³/mol. The molecule has 1 N–H and O–H groups in total. The highest BCUT2D eigenvalue weighted by Gasteiger charge is 2.15. The Labute approximate surface area is 107 Å². The molecular weight excluding hydrogens is 224 g/mol. The summed E-state index contributed by atoms with van der Waals surface area (Å²) in [6.07, 6.45) is 2.98. The molecule has 1 aliphatic rings. The lowest BCUT2D eigenvalue weighted by Crippen LogP contribution is -2.24. The van der Waals surface area contributed by atoms with Crippen molar-refractivity contribution in [3.05, 3.63) is 42.0 Å². The lowest BCUT2D eigenvalue weighted by Gasteiger charge is -2.16. The summed E-state index contributed by atoms with van der Waals surface area (Å²) in [5, 5.41) is 3.35. The first kappa shape index (κ1) is 11.3. The van der Waals surface area contributed by atoms with E-state index in [1.807, 2.05) is 6.33 Å². The average Bonchev–Trinajstić information content (AvgIpc) is 2.82. The maximum absolute atomic E-state index is 4.48. The normalized spacial score (nSPS) is 14.3. The van der Waals surface area contributed by atoms with Crippen LogP contribution in [-0.4, -0.2) is 30.2 Å². The third-order valence-electron chi connectivity index (χ3n) is 3.43. The van der Waals surface area contributed by atoms with E-state index in [9.17, 15) is 0 Å². The van der Waals surface area contributed by atoms with Gasteiger partial charge < -0.3 is 14.8 Å². The second-order valence-electron chi connectivity index (χ2n) is 4.85. The summed E-state index contributed by atoms with van der Waals surface area (Å²) in [5.41, 5.74) is 4.93. The van der Waals surface area contributed by atoms with Crippen molar-refractivity contribution in [2.45, 2.75) is 13.0 Å². The SMILES string of the molecule is CN(C)c1ccc(-n2cnc3c2CCNC3)cc1. The number of hydrogen-bond donors (Lipinski definition) is 1. The van der Waals surface area contributed by atoms with Crippen LogP contribution >= 0.6 is 0 Å². The Morgan fingerprint density at radius 2 is 2.00 bits per heavy atom. The largest absolute Gasteiger partial charge is 0.378 e. The van der Waals surface area contributed by atoms with Crippen LogP contribution in [-0.2, 0) is 13.0 Å². The molecule has 2 heterocycles. The molecule has 1 aromatic heterocycles. The smallest absolute Gasteiger partial charge is 0.0998 e. The second kappa shape index (κ2) is 4.46. The average molecular weight is 242 g/mol. The summed E-state index contributed by atoms with van der Waals surface area (Å²) >= 11 is 0. The Morgan fingerprint density at radius 1 is 1.22 bits per heavy atom. The van der Waals surface area contributed by atoms with E-state index in [0.29, 0.717) is 0 Å². The molecule has 0 saturated heterocycles. The fourth-order valence-electron chi connectivity index (χ4n) is 2.37. The fourth-order valence-corrected chi connectivity index (χ4v) is 2.37. The molecular formula is C14H18N4. The number of benzene rings is 1. The van der Waals surface area contributed by atoms with Crippen molar-refractivity contribution >= 4 is 5.69 Å². The highest BCUT2D eigenvalue weighted by molar-refractivity contribution is 5.50. The predicted octanol–water partition coefficient (Wildman–Crippen LogP) is 1.58. The van der Waals surface area contributed by atoms with Gasteiger partial charge in [-0.15, -0.1) is 0 Å². The van der Waals surface area contributed by atoms with Crippen molar-refractivity contribution in [2.24, 2.45) is 0 Å². The van der Waals surface area contributed by atoms with Crippen LogP contribution in [0.25, 0.3) is 5.69 Å². The van der Waals surface area contributed by atoms with Gasteiger partial charge in [-0.25, -0.2) is 4.98 Å². The van der Waals surface area contributed by atoms with Crippen molar-refractivity contribution < 1.29 is 0 Å².